The molecule has 3 rings (SSSR count). The summed E-state index contributed by atoms with van der Waals surface area (Å²) in [4.78, 5) is 4.43. The van der Waals surface area contributed by atoms with Gasteiger partial charge in [0.15, 0.2) is 5.82 Å². The van der Waals surface area contributed by atoms with Crippen molar-refractivity contribution in [1.29, 1.82) is 0 Å². The van der Waals surface area contributed by atoms with Gasteiger partial charge in [-0.15, -0.1) is 0 Å². The van der Waals surface area contributed by atoms with Crippen molar-refractivity contribution >= 4 is 0 Å². The Kier molecular flexibility index (Phi) is 3.44. The van der Waals surface area contributed by atoms with Gasteiger partial charge in [0.05, 0.1) is 12.6 Å². The lowest BCUT2D eigenvalue weighted by atomic mass is 9.77. The van der Waals surface area contributed by atoms with Gasteiger partial charge >= 0.3 is 0 Å². The number of methoxy groups -OCH3 is 1. The largest absolute Gasteiger partial charge is 0.497 e. The summed E-state index contributed by atoms with van der Waals surface area (Å²) in [5, 5.41) is 4.02. The zero-order valence-electron chi connectivity index (χ0n) is 11.6. The highest BCUT2D eigenvalue weighted by molar-refractivity contribution is 5.28. The van der Waals surface area contributed by atoms with Gasteiger partial charge in [0.1, 0.15) is 5.75 Å². The lowest BCUT2D eigenvalue weighted by Crippen LogP contribution is -2.44. The second-order valence-corrected chi connectivity index (χ2v) is 5.37. The van der Waals surface area contributed by atoms with E-state index >= 15 is 0 Å². The maximum Gasteiger partial charge on any atom is 0.227 e. The highest BCUT2D eigenvalue weighted by Crippen LogP contribution is 2.36. The van der Waals surface area contributed by atoms with Crippen LogP contribution in [0.2, 0.25) is 0 Å². The summed E-state index contributed by atoms with van der Waals surface area (Å²) in [5.74, 6) is 2.17. The predicted octanol–water partition coefficient (Wildman–Crippen LogP) is 2.20. The van der Waals surface area contributed by atoms with Crippen molar-refractivity contribution in [3.8, 4) is 5.75 Å². The smallest absolute Gasteiger partial charge is 0.227 e. The van der Waals surface area contributed by atoms with E-state index in [2.05, 4.69) is 16.2 Å². The number of nitrogens with two attached hydrogens (primary N) is 1. The fourth-order valence-electron chi connectivity index (χ4n) is 2.42. The van der Waals surface area contributed by atoms with Crippen LogP contribution in [0, 0.1) is 0 Å². The Balaban J connectivity index is 1.63. The van der Waals surface area contributed by atoms with Gasteiger partial charge in [-0.3, -0.25) is 0 Å². The summed E-state index contributed by atoms with van der Waals surface area (Å²) < 4.78 is 10.5. The van der Waals surface area contributed by atoms with Crippen LogP contribution in [0.15, 0.2) is 28.8 Å². The molecular formula is C15H19N3O2. The fourth-order valence-corrected chi connectivity index (χ4v) is 2.42. The maximum atomic E-state index is 6.18. The standard InChI is InChI=1S/C15H19N3O2/c1-19-12-5-2-4-11(10-12)6-7-13-17-14(18-20-13)15(16)8-3-9-15/h2,4-5,10H,3,6-9,16H2,1H3. The van der Waals surface area contributed by atoms with Crippen LogP contribution in [0.3, 0.4) is 0 Å². The number of rotatable bonds is 5. The first-order valence-electron chi connectivity index (χ1n) is 6.94. The van der Waals surface area contributed by atoms with Gasteiger partial charge < -0.3 is 15.0 Å². The van der Waals surface area contributed by atoms with Gasteiger partial charge in [-0.05, 0) is 43.4 Å². The van der Waals surface area contributed by atoms with Crippen LogP contribution in [0.4, 0.5) is 0 Å². The van der Waals surface area contributed by atoms with Crippen LogP contribution in [0.1, 0.15) is 36.5 Å². The molecule has 0 unspecified atom stereocenters. The lowest BCUT2D eigenvalue weighted by molar-refractivity contribution is 0.229. The molecule has 0 radical (unpaired) electrons. The van der Waals surface area contributed by atoms with Gasteiger partial charge in [-0.2, -0.15) is 4.98 Å². The number of hydrogen-bond donors (Lipinski definition) is 1. The lowest BCUT2D eigenvalue weighted by Gasteiger charge is -2.34. The molecule has 1 heterocycles. The maximum absolute atomic E-state index is 6.18. The Bertz CT molecular complexity index is 590. The van der Waals surface area contributed by atoms with Crippen molar-refractivity contribution in [2.24, 2.45) is 5.73 Å². The second-order valence-electron chi connectivity index (χ2n) is 5.37. The minimum Gasteiger partial charge on any atom is -0.497 e. The highest BCUT2D eigenvalue weighted by Gasteiger charge is 2.38. The van der Waals surface area contributed by atoms with Gasteiger partial charge in [-0.25, -0.2) is 0 Å². The molecule has 1 aromatic carbocycles. The van der Waals surface area contributed by atoms with E-state index in [1.165, 1.54) is 5.56 Å². The molecule has 20 heavy (non-hydrogen) atoms. The van der Waals surface area contributed by atoms with Crippen molar-refractivity contribution < 1.29 is 9.26 Å². The highest BCUT2D eigenvalue weighted by atomic mass is 16.5. The van der Waals surface area contributed by atoms with Gasteiger partial charge in [0.25, 0.3) is 0 Å². The monoisotopic (exact) mass is 273 g/mol. The van der Waals surface area contributed by atoms with E-state index in [0.29, 0.717) is 11.7 Å². The average Bonchev–Trinajstić information content (AvgIpc) is 2.92. The van der Waals surface area contributed by atoms with Crippen LogP contribution in [-0.4, -0.2) is 17.3 Å². The number of aromatic nitrogens is 2. The topological polar surface area (TPSA) is 74.2 Å². The van der Waals surface area contributed by atoms with E-state index < -0.39 is 0 Å². The summed E-state index contributed by atoms with van der Waals surface area (Å²) in [7, 11) is 1.67. The summed E-state index contributed by atoms with van der Waals surface area (Å²) in [5.41, 5.74) is 7.02. The summed E-state index contributed by atoms with van der Waals surface area (Å²) in [6.07, 6.45) is 4.60. The molecule has 1 aromatic heterocycles. The average molecular weight is 273 g/mol. The Morgan fingerprint density at radius 3 is 2.90 bits per heavy atom. The van der Waals surface area contributed by atoms with E-state index in [4.69, 9.17) is 15.0 Å². The number of aryl methyl sites for hydroxylation is 2. The first-order chi connectivity index (χ1) is 9.69. The van der Waals surface area contributed by atoms with Crippen molar-refractivity contribution in [2.75, 3.05) is 7.11 Å². The van der Waals surface area contributed by atoms with Gasteiger partial charge in [0, 0.05) is 6.42 Å². The van der Waals surface area contributed by atoms with Crippen LogP contribution >= 0.6 is 0 Å². The van der Waals surface area contributed by atoms with E-state index in [1.54, 1.807) is 7.11 Å². The van der Waals surface area contributed by atoms with Crippen molar-refractivity contribution in [3.63, 3.8) is 0 Å². The number of nitrogens with zero attached hydrogens (tertiary/aromatic N) is 2. The molecule has 1 fully saturated rings. The normalized spacial score (nSPS) is 16.7. The third-order valence-electron chi connectivity index (χ3n) is 3.92. The Labute approximate surface area is 118 Å². The summed E-state index contributed by atoms with van der Waals surface area (Å²) in [6, 6.07) is 8.00. The molecule has 0 atom stereocenters. The van der Waals surface area contributed by atoms with Crippen molar-refractivity contribution in [3.05, 3.63) is 41.5 Å². The second kappa shape index (κ2) is 5.25. The minimum atomic E-state index is -0.349. The SMILES string of the molecule is COc1cccc(CCc2nc(C3(N)CCC3)no2)c1. The van der Waals surface area contributed by atoms with E-state index in [1.807, 2.05) is 18.2 Å². The summed E-state index contributed by atoms with van der Waals surface area (Å²) in [6.45, 7) is 0. The number of benzene rings is 1. The molecule has 5 nitrogen and oxygen atoms in total. The molecule has 2 N–H and O–H groups in total. The molecule has 0 spiro atoms. The van der Waals surface area contributed by atoms with E-state index in [-0.39, 0.29) is 5.54 Å². The molecular weight excluding hydrogens is 254 g/mol. The van der Waals surface area contributed by atoms with Crippen LogP contribution in [-0.2, 0) is 18.4 Å². The molecule has 106 valence electrons. The molecule has 1 saturated carbocycles. The van der Waals surface area contributed by atoms with Gasteiger partial charge in [0.2, 0.25) is 5.89 Å². The number of hydrogen-bond acceptors (Lipinski definition) is 5. The molecule has 0 saturated heterocycles. The van der Waals surface area contributed by atoms with Gasteiger partial charge in [-0.1, -0.05) is 17.3 Å². The molecule has 1 aliphatic rings. The fraction of sp³-hybridized carbons (Fsp3) is 0.467. The van der Waals surface area contributed by atoms with Crippen LogP contribution in [0.25, 0.3) is 0 Å². The molecule has 0 bridgehead atoms. The molecule has 2 aromatic rings. The van der Waals surface area contributed by atoms with Crippen molar-refractivity contribution in [2.45, 2.75) is 37.6 Å². The first-order valence-corrected chi connectivity index (χ1v) is 6.94. The number of ether oxygens (including phenoxy) is 1. The minimum absolute atomic E-state index is 0.349. The quantitative estimate of drug-likeness (QED) is 0.904. The third kappa shape index (κ3) is 2.54. The van der Waals surface area contributed by atoms with Crippen LogP contribution in [0.5, 0.6) is 5.75 Å². The Morgan fingerprint density at radius 1 is 1.35 bits per heavy atom. The Hall–Kier alpha value is -1.88. The first kappa shape index (κ1) is 13.1. The zero-order valence-corrected chi connectivity index (χ0v) is 11.6. The molecule has 5 heteroatoms. The Morgan fingerprint density at radius 2 is 2.20 bits per heavy atom. The van der Waals surface area contributed by atoms with Crippen LogP contribution < -0.4 is 10.5 Å². The zero-order chi connectivity index (χ0) is 14.0. The molecule has 0 amide bonds. The van der Waals surface area contributed by atoms with E-state index in [0.717, 1.165) is 37.9 Å². The predicted molar refractivity (Wildman–Crippen MR) is 74.4 cm³/mol. The van der Waals surface area contributed by atoms with Crippen molar-refractivity contribution in [1.82, 2.24) is 10.1 Å². The van der Waals surface area contributed by atoms with E-state index in [9.17, 15) is 0 Å². The molecule has 1 aliphatic carbocycles. The molecule has 0 aliphatic heterocycles. The summed E-state index contributed by atoms with van der Waals surface area (Å²) >= 11 is 0. The third-order valence-corrected chi connectivity index (χ3v) is 3.92.